The van der Waals surface area contributed by atoms with Gasteiger partial charge in [-0.2, -0.15) is 0 Å². The summed E-state index contributed by atoms with van der Waals surface area (Å²) in [5, 5.41) is 0. The van der Waals surface area contributed by atoms with Gasteiger partial charge >= 0.3 is 0 Å². The molecular formula is C7H16FN. The third-order valence-corrected chi connectivity index (χ3v) is 1.30. The molecule has 0 saturated carbocycles. The molecule has 1 nitrogen and oxygen atoms in total. The molecule has 9 heavy (non-hydrogen) atoms. The van der Waals surface area contributed by atoms with Gasteiger partial charge in [0.2, 0.25) is 0 Å². The molecule has 0 radical (unpaired) electrons. The minimum atomic E-state index is -0.905. The third-order valence-electron chi connectivity index (χ3n) is 1.30. The summed E-state index contributed by atoms with van der Waals surface area (Å²) < 4.78 is 12.9. The van der Waals surface area contributed by atoms with Gasteiger partial charge in [-0.05, 0) is 19.8 Å². The molecular weight excluding hydrogens is 117 g/mol. The molecule has 0 heterocycles. The second kappa shape index (κ2) is 2.65. The highest BCUT2D eigenvalue weighted by atomic mass is 19.1. The van der Waals surface area contributed by atoms with Crippen molar-refractivity contribution in [3.8, 4) is 0 Å². The molecule has 0 spiro atoms. The van der Waals surface area contributed by atoms with Crippen LogP contribution in [0.1, 0.15) is 27.7 Å². The van der Waals surface area contributed by atoms with E-state index in [-0.39, 0.29) is 5.92 Å². The van der Waals surface area contributed by atoms with Crippen LogP contribution in [-0.4, -0.2) is 11.7 Å². The zero-order chi connectivity index (χ0) is 7.65. The van der Waals surface area contributed by atoms with Crippen LogP contribution in [0.3, 0.4) is 0 Å². The van der Waals surface area contributed by atoms with Crippen molar-refractivity contribution < 1.29 is 4.39 Å². The van der Waals surface area contributed by atoms with Crippen molar-refractivity contribution in [3.63, 3.8) is 0 Å². The molecule has 1 unspecified atom stereocenters. The lowest BCUT2D eigenvalue weighted by atomic mass is 9.92. The van der Waals surface area contributed by atoms with Crippen molar-refractivity contribution >= 4 is 0 Å². The lowest BCUT2D eigenvalue weighted by Crippen LogP contribution is -2.45. The Balaban J connectivity index is 3.88. The summed E-state index contributed by atoms with van der Waals surface area (Å²) in [7, 11) is 0. The molecule has 2 heteroatoms. The van der Waals surface area contributed by atoms with Crippen molar-refractivity contribution in [2.75, 3.05) is 0 Å². The van der Waals surface area contributed by atoms with E-state index in [0.717, 1.165) is 0 Å². The summed E-state index contributed by atoms with van der Waals surface area (Å²) in [5.74, 6) is 0.0185. The zero-order valence-electron chi connectivity index (χ0n) is 6.61. The second-order valence-electron chi connectivity index (χ2n) is 3.47. The normalized spacial score (nSPS) is 16.3. The SMILES string of the molecule is CC(C)C(F)C(C)(C)N. The molecule has 0 rings (SSSR count). The van der Waals surface area contributed by atoms with Crippen LogP contribution >= 0.6 is 0 Å². The summed E-state index contributed by atoms with van der Waals surface area (Å²) >= 11 is 0. The van der Waals surface area contributed by atoms with E-state index >= 15 is 0 Å². The first kappa shape index (κ1) is 8.89. The Morgan fingerprint density at radius 2 is 1.67 bits per heavy atom. The Morgan fingerprint density at radius 3 is 1.67 bits per heavy atom. The van der Waals surface area contributed by atoms with Gasteiger partial charge in [0.05, 0.1) is 0 Å². The fraction of sp³-hybridized carbons (Fsp3) is 1.00. The number of rotatable bonds is 2. The van der Waals surface area contributed by atoms with Gasteiger partial charge in [-0.1, -0.05) is 13.8 Å². The second-order valence-corrected chi connectivity index (χ2v) is 3.47. The molecule has 2 N–H and O–H groups in total. The Hall–Kier alpha value is -0.110. The van der Waals surface area contributed by atoms with Crippen LogP contribution in [0.4, 0.5) is 4.39 Å². The largest absolute Gasteiger partial charge is 0.323 e. The molecule has 0 saturated heterocycles. The molecule has 0 aliphatic rings. The lowest BCUT2D eigenvalue weighted by Gasteiger charge is -2.26. The van der Waals surface area contributed by atoms with Gasteiger partial charge in [-0.3, -0.25) is 0 Å². The molecule has 1 atom stereocenters. The first-order valence-corrected chi connectivity index (χ1v) is 3.28. The molecule has 0 aromatic heterocycles. The number of nitrogens with two attached hydrogens (primary N) is 1. The molecule has 0 aliphatic carbocycles. The van der Waals surface area contributed by atoms with Gasteiger partial charge in [0.1, 0.15) is 6.17 Å². The summed E-state index contributed by atoms with van der Waals surface area (Å²) in [6.07, 6.45) is -0.905. The topological polar surface area (TPSA) is 26.0 Å². The van der Waals surface area contributed by atoms with Gasteiger partial charge in [0, 0.05) is 5.54 Å². The first-order valence-electron chi connectivity index (χ1n) is 3.28. The van der Waals surface area contributed by atoms with Crippen molar-refractivity contribution in [3.05, 3.63) is 0 Å². The van der Waals surface area contributed by atoms with E-state index in [1.165, 1.54) is 0 Å². The molecule has 0 bridgehead atoms. The van der Waals surface area contributed by atoms with E-state index in [9.17, 15) is 4.39 Å². The van der Waals surface area contributed by atoms with Gasteiger partial charge < -0.3 is 5.73 Å². The van der Waals surface area contributed by atoms with Crippen LogP contribution in [0.15, 0.2) is 0 Å². The highest BCUT2D eigenvalue weighted by molar-refractivity contribution is 4.83. The van der Waals surface area contributed by atoms with E-state index in [0.29, 0.717) is 0 Å². The smallest absolute Gasteiger partial charge is 0.120 e. The van der Waals surface area contributed by atoms with Crippen LogP contribution in [0, 0.1) is 5.92 Å². The molecule has 0 aromatic carbocycles. The van der Waals surface area contributed by atoms with E-state index in [2.05, 4.69) is 0 Å². The van der Waals surface area contributed by atoms with Crippen LogP contribution in [-0.2, 0) is 0 Å². The Morgan fingerprint density at radius 1 is 1.33 bits per heavy atom. The van der Waals surface area contributed by atoms with E-state index < -0.39 is 11.7 Å². The maximum Gasteiger partial charge on any atom is 0.120 e. The maximum absolute atomic E-state index is 12.9. The highest BCUT2D eigenvalue weighted by Gasteiger charge is 2.27. The summed E-state index contributed by atoms with van der Waals surface area (Å²) in [6.45, 7) is 7.08. The maximum atomic E-state index is 12.9. The number of halogens is 1. The fourth-order valence-electron chi connectivity index (χ4n) is 0.859. The molecule has 56 valence electrons. The number of hydrogen-bond acceptors (Lipinski definition) is 1. The Bertz CT molecular complexity index is 83.4. The highest BCUT2D eigenvalue weighted by Crippen LogP contribution is 2.17. The van der Waals surface area contributed by atoms with Crippen molar-refractivity contribution in [2.24, 2.45) is 11.7 Å². The Labute approximate surface area is 56.4 Å². The standard InChI is InChI=1S/C7H16FN/c1-5(2)6(8)7(3,4)9/h5-6H,9H2,1-4H3. The van der Waals surface area contributed by atoms with Gasteiger partial charge in [-0.25, -0.2) is 4.39 Å². The fourth-order valence-corrected chi connectivity index (χ4v) is 0.859. The summed E-state index contributed by atoms with van der Waals surface area (Å²) in [4.78, 5) is 0. The summed E-state index contributed by atoms with van der Waals surface area (Å²) in [6, 6.07) is 0. The quantitative estimate of drug-likeness (QED) is 0.609. The minimum absolute atomic E-state index is 0.0185. The van der Waals surface area contributed by atoms with E-state index in [1.54, 1.807) is 13.8 Å². The lowest BCUT2D eigenvalue weighted by molar-refractivity contribution is 0.163. The van der Waals surface area contributed by atoms with Crippen molar-refractivity contribution in [2.45, 2.75) is 39.4 Å². The van der Waals surface area contributed by atoms with Crippen molar-refractivity contribution in [1.29, 1.82) is 0 Å². The summed E-state index contributed by atoms with van der Waals surface area (Å²) in [5.41, 5.74) is 4.82. The zero-order valence-corrected chi connectivity index (χ0v) is 6.61. The molecule has 0 amide bonds. The molecule has 0 aliphatic heterocycles. The average molecular weight is 133 g/mol. The molecule has 0 aromatic rings. The first-order chi connectivity index (χ1) is 3.85. The Kier molecular flexibility index (Phi) is 2.62. The predicted octanol–water partition coefficient (Wildman–Crippen LogP) is 1.72. The number of alkyl halides is 1. The van der Waals surface area contributed by atoms with E-state index in [1.807, 2.05) is 13.8 Å². The van der Waals surface area contributed by atoms with Crippen LogP contribution in [0.2, 0.25) is 0 Å². The van der Waals surface area contributed by atoms with Gasteiger partial charge in [-0.15, -0.1) is 0 Å². The average Bonchev–Trinajstić information content (AvgIpc) is 1.62. The number of hydrogen-bond donors (Lipinski definition) is 1. The van der Waals surface area contributed by atoms with Crippen LogP contribution in [0.5, 0.6) is 0 Å². The third kappa shape index (κ3) is 2.80. The van der Waals surface area contributed by atoms with Crippen molar-refractivity contribution in [1.82, 2.24) is 0 Å². The predicted molar refractivity (Wildman–Crippen MR) is 38.0 cm³/mol. The van der Waals surface area contributed by atoms with Gasteiger partial charge in [0.25, 0.3) is 0 Å². The van der Waals surface area contributed by atoms with Crippen LogP contribution < -0.4 is 5.73 Å². The minimum Gasteiger partial charge on any atom is -0.323 e. The van der Waals surface area contributed by atoms with Crippen LogP contribution in [0.25, 0.3) is 0 Å². The monoisotopic (exact) mass is 133 g/mol. The molecule has 0 fully saturated rings. The van der Waals surface area contributed by atoms with Gasteiger partial charge in [0.15, 0.2) is 0 Å². The van der Waals surface area contributed by atoms with E-state index in [4.69, 9.17) is 5.73 Å².